The SMILES string of the molecule is F[B-]1(F)n2c(ccc2-c2ccccc2)C(/C=C/C=C2C=C(c3ccccc3)OC(c3ccccc3)=C2)=C2C=CC(c3ccccc3)=[N+]21. The van der Waals surface area contributed by atoms with Gasteiger partial charge in [-0.1, -0.05) is 121 Å². The van der Waals surface area contributed by atoms with Crippen LogP contribution in [0.2, 0.25) is 0 Å². The van der Waals surface area contributed by atoms with Crippen LogP contribution < -0.4 is 0 Å². The quantitative estimate of drug-likeness (QED) is 0.174. The van der Waals surface area contributed by atoms with E-state index in [1.807, 2.05) is 152 Å². The molecule has 8 rings (SSSR count). The zero-order valence-electron chi connectivity index (χ0n) is 25.4. The Labute approximate surface area is 272 Å². The number of aromatic nitrogens is 1. The zero-order valence-corrected chi connectivity index (χ0v) is 25.4. The molecule has 0 aliphatic carbocycles. The molecule has 0 saturated carbocycles. The first kappa shape index (κ1) is 28.5. The fourth-order valence-electron chi connectivity index (χ4n) is 6.47. The van der Waals surface area contributed by atoms with Crippen molar-refractivity contribution in [2.75, 3.05) is 0 Å². The number of nitrogens with zero attached hydrogens (tertiary/aromatic N) is 2. The van der Waals surface area contributed by atoms with Crippen molar-refractivity contribution in [2.24, 2.45) is 0 Å². The number of hydrogen-bond donors (Lipinski definition) is 0. The van der Waals surface area contributed by atoms with E-state index < -0.39 is 6.97 Å². The van der Waals surface area contributed by atoms with E-state index in [0.717, 1.165) is 39.3 Å². The van der Waals surface area contributed by atoms with Crippen LogP contribution in [0.15, 0.2) is 187 Å². The molecule has 0 N–H and O–H groups in total. The summed E-state index contributed by atoms with van der Waals surface area (Å²) in [6.45, 7) is -4.21. The van der Waals surface area contributed by atoms with Crippen molar-refractivity contribution in [3.63, 3.8) is 0 Å². The first-order valence-corrected chi connectivity index (χ1v) is 15.6. The lowest BCUT2D eigenvalue weighted by molar-refractivity contribution is -0.360. The first-order valence-electron chi connectivity index (χ1n) is 15.6. The van der Waals surface area contributed by atoms with Gasteiger partial charge in [-0.2, -0.15) is 0 Å². The maximum absolute atomic E-state index is 16.9. The Balaban J connectivity index is 1.27. The third-order valence-electron chi connectivity index (χ3n) is 8.63. The molecule has 0 atom stereocenters. The van der Waals surface area contributed by atoms with Gasteiger partial charge >= 0.3 is 6.97 Å². The number of fused-ring (bicyclic) bond motifs is 2. The van der Waals surface area contributed by atoms with E-state index >= 15 is 8.63 Å². The smallest absolute Gasteiger partial charge is 0.456 e. The fourth-order valence-corrected chi connectivity index (χ4v) is 6.47. The van der Waals surface area contributed by atoms with Crippen LogP contribution in [0.4, 0.5) is 8.63 Å². The molecule has 0 unspecified atom stereocenters. The van der Waals surface area contributed by atoms with Crippen molar-refractivity contribution in [1.29, 1.82) is 0 Å². The molecule has 3 nitrogen and oxygen atoms in total. The van der Waals surface area contributed by atoms with Crippen molar-refractivity contribution >= 4 is 29.8 Å². The van der Waals surface area contributed by atoms with E-state index in [1.54, 1.807) is 24.3 Å². The van der Waals surface area contributed by atoms with Crippen molar-refractivity contribution in [3.8, 4) is 11.3 Å². The lowest BCUT2D eigenvalue weighted by atomic mass is 9.86. The molecule has 3 aliphatic heterocycles. The van der Waals surface area contributed by atoms with Crippen molar-refractivity contribution in [3.05, 3.63) is 210 Å². The number of allylic oxidation sites excluding steroid dienone is 9. The van der Waals surface area contributed by atoms with E-state index in [2.05, 4.69) is 0 Å². The van der Waals surface area contributed by atoms with Crippen LogP contribution in [0.25, 0.3) is 28.3 Å². The van der Waals surface area contributed by atoms with Crippen molar-refractivity contribution in [2.45, 2.75) is 0 Å². The molecule has 1 aromatic heterocycles. The molecule has 0 fully saturated rings. The molecule has 0 bridgehead atoms. The zero-order chi connectivity index (χ0) is 31.8. The monoisotopic (exact) mass is 614 g/mol. The molecule has 226 valence electrons. The predicted molar refractivity (Wildman–Crippen MR) is 187 cm³/mol. The summed E-state index contributed by atoms with van der Waals surface area (Å²) in [4.78, 5) is 0. The average molecular weight is 615 g/mol. The number of rotatable bonds is 6. The van der Waals surface area contributed by atoms with Gasteiger partial charge in [0.25, 0.3) is 0 Å². The molecule has 4 heterocycles. The first-order chi connectivity index (χ1) is 23.1. The minimum Gasteiger partial charge on any atom is -0.456 e. The summed E-state index contributed by atoms with van der Waals surface area (Å²) in [7, 11) is 0. The number of benzene rings is 4. The Bertz CT molecular complexity index is 2150. The summed E-state index contributed by atoms with van der Waals surface area (Å²) < 4.78 is 42.5. The Morgan fingerprint density at radius 2 is 1.09 bits per heavy atom. The number of ether oxygens (including phenoxy) is 1. The van der Waals surface area contributed by atoms with Crippen LogP contribution in [-0.4, -0.2) is 21.6 Å². The maximum Gasteiger partial charge on any atom is 0.737 e. The van der Waals surface area contributed by atoms with Gasteiger partial charge in [0.15, 0.2) is 11.4 Å². The lowest BCUT2D eigenvalue weighted by Gasteiger charge is -2.33. The van der Waals surface area contributed by atoms with Crippen LogP contribution in [0.5, 0.6) is 0 Å². The van der Waals surface area contributed by atoms with Gasteiger partial charge in [0.05, 0.1) is 5.57 Å². The summed E-state index contributed by atoms with van der Waals surface area (Å²) in [6, 6.07) is 42.3. The highest BCUT2D eigenvalue weighted by Gasteiger charge is 2.54. The predicted octanol–water partition coefficient (Wildman–Crippen LogP) is 9.77. The number of halogens is 2. The van der Waals surface area contributed by atoms with Crippen LogP contribution in [0.1, 0.15) is 22.4 Å². The Morgan fingerprint density at radius 1 is 0.574 bits per heavy atom. The molecule has 47 heavy (non-hydrogen) atoms. The van der Waals surface area contributed by atoms with E-state index in [-0.39, 0.29) is 0 Å². The van der Waals surface area contributed by atoms with Crippen LogP contribution >= 0.6 is 0 Å². The molecule has 0 spiro atoms. The third kappa shape index (κ3) is 5.14. The molecule has 3 aliphatic rings. The second-order valence-corrected chi connectivity index (χ2v) is 11.6. The lowest BCUT2D eigenvalue weighted by Crippen LogP contribution is -2.51. The van der Waals surface area contributed by atoms with Gasteiger partial charge in [-0.3, -0.25) is 0 Å². The van der Waals surface area contributed by atoms with Gasteiger partial charge in [0, 0.05) is 40.2 Å². The summed E-state index contributed by atoms with van der Waals surface area (Å²) in [5.41, 5.74) is 6.95. The highest BCUT2D eigenvalue weighted by Crippen LogP contribution is 2.41. The minimum absolute atomic E-state index is 0.474. The molecule has 5 aromatic rings. The van der Waals surface area contributed by atoms with E-state index in [1.165, 1.54) is 8.96 Å². The molecular weight excluding hydrogens is 585 g/mol. The minimum atomic E-state index is -4.21. The van der Waals surface area contributed by atoms with Crippen LogP contribution in [0, 0.1) is 0 Å². The van der Waals surface area contributed by atoms with Crippen molar-refractivity contribution in [1.82, 2.24) is 4.48 Å². The van der Waals surface area contributed by atoms with Crippen LogP contribution in [-0.2, 0) is 4.74 Å². The molecule has 4 aromatic carbocycles. The highest BCUT2D eigenvalue weighted by molar-refractivity contribution is 6.59. The van der Waals surface area contributed by atoms with Gasteiger partial charge in [-0.15, -0.1) is 0 Å². The second-order valence-electron chi connectivity index (χ2n) is 11.6. The van der Waals surface area contributed by atoms with Gasteiger partial charge in [0.1, 0.15) is 11.5 Å². The molecule has 0 saturated heterocycles. The van der Waals surface area contributed by atoms with E-state index in [9.17, 15) is 0 Å². The Morgan fingerprint density at radius 3 is 1.66 bits per heavy atom. The summed E-state index contributed by atoms with van der Waals surface area (Å²) in [5, 5.41) is 0. The second kappa shape index (κ2) is 11.7. The summed E-state index contributed by atoms with van der Waals surface area (Å²) in [5.74, 6) is 1.48. The van der Waals surface area contributed by atoms with Gasteiger partial charge in [-0.05, 0) is 53.6 Å². The Hall–Kier alpha value is -6.01. The van der Waals surface area contributed by atoms with Crippen LogP contribution in [0.3, 0.4) is 0 Å². The Kier molecular flexibility index (Phi) is 7.11. The topological polar surface area (TPSA) is 17.2 Å². The maximum atomic E-state index is 16.9. The molecule has 6 heteroatoms. The molecule has 0 amide bonds. The standard InChI is InChI=1S/C41H29BF2N2O/c43-42(44)45-36(31-15-5-1-6-16-31)24-26-38(45)35(39-27-25-37(46(39)42)32-17-7-2-8-18-32)23-13-14-30-28-40(33-19-9-3-10-20-33)47-41(29-30)34-21-11-4-12-22-34/h1-29H/b23-13+. The molecular formula is C41H29BF2N2O. The van der Waals surface area contributed by atoms with Gasteiger partial charge < -0.3 is 22.3 Å². The normalized spacial score (nSPS) is 16.5. The van der Waals surface area contributed by atoms with E-state index in [4.69, 9.17) is 4.74 Å². The van der Waals surface area contributed by atoms with Crippen molar-refractivity contribution < 1.29 is 17.9 Å². The molecule has 0 radical (unpaired) electrons. The average Bonchev–Trinajstić information content (AvgIpc) is 3.79. The highest BCUT2D eigenvalue weighted by atomic mass is 19.2. The fraction of sp³-hybridized carbons (Fsp3) is 0. The largest absolute Gasteiger partial charge is 0.737 e. The number of hydrogen-bond acceptors (Lipinski definition) is 1. The van der Waals surface area contributed by atoms with Gasteiger partial charge in [-0.25, -0.2) is 0 Å². The summed E-state index contributed by atoms with van der Waals surface area (Å²) in [6.07, 6.45) is 13.5. The van der Waals surface area contributed by atoms with E-state index in [0.29, 0.717) is 28.4 Å². The summed E-state index contributed by atoms with van der Waals surface area (Å²) >= 11 is 0. The third-order valence-corrected chi connectivity index (χ3v) is 8.63. The van der Waals surface area contributed by atoms with Gasteiger partial charge in [0.2, 0.25) is 0 Å².